The fourth-order valence-electron chi connectivity index (χ4n) is 1.32. The van der Waals surface area contributed by atoms with Gasteiger partial charge >= 0.3 is 0 Å². The summed E-state index contributed by atoms with van der Waals surface area (Å²) in [7, 11) is -7.08. The van der Waals surface area contributed by atoms with Crippen LogP contribution in [0.3, 0.4) is 0 Å². The van der Waals surface area contributed by atoms with Gasteiger partial charge in [-0.2, -0.15) is 22.1 Å². The van der Waals surface area contributed by atoms with E-state index in [1.54, 1.807) is 0 Å². The molecule has 0 N–H and O–H groups in total. The van der Waals surface area contributed by atoms with Crippen molar-refractivity contribution in [2.45, 2.75) is 25.9 Å². The van der Waals surface area contributed by atoms with Gasteiger partial charge in [0.1, 0.15) is 0 Å². The first-order chi connectivity index (χ1) is 8.03. The van der Waals surface area contributed by atoms with Gasteiger partial charge < -0.3 is 0 Å². The van der Waals surface area contributed by atoms with Crippen LogP contribution in [-0.2, 0) is 28.6 Å². The first-order valence-corrected chi connectivity index (χ1v) is 8.79. The van der Waals surface area contributed by atoms with E-state index in [1.165, 1.54) is 6.92 Å². The van der Waals surface area contributed by atoms with Crippen LogP contribution in [0, 0.1) is 17.2 Å². The second-order valence-electron chi connectivity index (χ2n) is 3.99. The molecule has 0 aromatic rings. The Hall–Kier alpha value is -0.690. The van der Waals surface area contributed by atoms with Gasteiger partial charge in [-0.05, 0) is 19.8 Å². The van der Waals surface area contributed by atoms with Crippen molar-refractivity contribution in [1.29, 1.82) is 5.26 Å². The summed E-state index contributed by atoms with van der Waals surface area (Å²) in [6, 6.07) is 1.96. The van der Waals surface area contributed by atoms with Crippen molar-refractivity contribution in [2.75, 3.05) is 19.1 Å². The summed E-state index contributed by atoms with van der Waals surface area (Å²) >= 11 is 0. The SMILES string of the molecule is CC(CC(C#N)CCOS(C)(=O)=O)OS(C)(=O)=O. The zero-order valence-corrected chi connectivity index (χ0v) is 12.1. The molecule has 0 aliphatic carbocycles. The third kappa shape index (κ3) is 10.5. The molecule has 7 nitrogen and oxygen atoms in total. The smallest absolute Gasteiger partial charge is 0.264 e. The zero-order valence-electron chi connectivity index (χ0n) is 10.5. The van der Waals surface area contributed by atoms with Crippen molar-refractivity contribution < 1.29 is 25.2 Å². The van der Waals surface area contributed by atoms with Crippen LogP contribution in [0.5, 0.6) is 0 Å². The minimum Gasteiger partial charge on any atom is -0.270 e. The van der Waals surface area contributed by atoms with Crippen LogP contribution in [0.2, 0.25) is 0 Å². The van der Waals surface area contributed by atoms with E-state index < -0.39 is 32.3 Å². The van der Waals surface area contributed by atoms with Crippen molar-refractivity contribution in [3.8, 4) is 6.07 Å². The Balaban J connectivity index is 4.17. The summed E-state index contributed by atoms with van der Waals surface area (Å²) in [6.45, 7) is 1.42. The van der Waals surface area contributed by atoms with Gasteiger partial charge in [0, 0.05) is 0 Å². The maximum Gasteiger partial charge on any atom is 0.264 e. The summed E-state index contributed by atoms with van der Waals surface area (Å²) in [5.74, 6) is -0.525. The minimum atomic E-state index is -3.56. The lowest BCUT2D eigenvalue weighted by atomic mass is 10.0. The Bertz CT molecular complexity index is 490. The lowest BCUT2D eigenvalue weighted by Crippen LogP contribution is -2.18. The molecule has 0 aliphatic rings. The molecule has 0 radical (unpaired) electrons. The van der Waals surface area contributed by atoms with Gasteiger partial charge in [-0.1, -0.05) is 0 Å². The Morgan fingerprint density at radius 2 is 1.72 bits per heavy atom. The third-order valence-electron chi connectivity index (χ3n) is 1.90. The van der Waals surface area contributed by atoms with Crippen LogP contribution in [0.15, 0.2) is 0 Å². The highest BCUT2D eigenvalue weighted by molar-refractivity contribution is 7.86. The van der Waals surface area contributed by atoms with Crippen molar-refractivity contribution in [3.63, 3.8) is 0 Å². The van der Waals surface area contributed by atoms with E-state index >= 15 is 0 Å². The fourth-order valence-corrected chi connectivity index (χ4v) is 2.39. The van der Waals surface area contributed by atoms with Crippen molar-refractivity contribution >= 4 is 20.2 Å². The minimum absolute atomic E-state index is 0.108. The van der Waals surface area contributed by atoms with Crippen molar-refractivity contribution in [3.05, 3.63) is 0 Å². The van der Waals surface area contributed by atoms with Crippen LogP contribution >= 0.6 is 0 Å². The lowest BCUT2D eigenvalue weighted by molar-refractivity contribution is 0.195. The summed E-state index contributed by atoms with van der Waals surface area (Å²) in [5, 5.41) is 8.84. The molecule has 2 atom stereocenters. The Morgan fingerprint density at radius 3 is 2.11 bits per heavy atom. The molecule has 0 saturated heterocycles. The normalized spacial score (nSPS) is 15.9. The molecule has 0 heterocycles. The molecule has 0 fully saturated rings. The predicted molar refractivity (Wildman–Crippen MR) is 64.5 cm³/mol. The highest BCUT2D eigenvalue weighted by atomic mass is 32.2. The first kappa shape index (κ1) is 17.3. The largest absolute Gasteiger partial charge is 0.270 e. The number of nitriles is 1. The molecular formula is C9H17NO6S2. The van der Waals surface area contributed by atoms with E-state index in [4.69, 9.17) is 5.26 Å². The van der Waals surface area contributed by atoms with Gasteiger partial charge in [0.05, 0.1) is 37.2 Å². The first-order valence-electron chi connectivity index (χ1n) is 5.16. The molecular weight excluding hydrogens is 282 g/mol. The van der Waals surface area contributed by atoms with Gasteiger partial charge in [0.25, 0.3) is 20.2 Å². The molecule has 0 saturated carbocycles. The third-order valence-corrected chi connectivity index (χ3v) is 3.17. The Kier molecular flexibility index (Phi) is 6.77. The quantitative estimate of drug-likeness (QED) is 0.590. The van der Waals surface area contributed by atoms with Crippen LogP contribution in [0.4, 0.5) is 0 Å². The van der Waals surface area contributed by atoms with Gasteiger partial charge in [-0.15, -0.1) is 0 Å². The zero-order chi connectivity index (χ0) is 14.4. The predicted octanol–water partition coefficient (Wildman–Crippen LogP) is 0.247. The lowest BCUT2D eigenvalue weighted by Gasteiger charge is -2.14. The summed E-state index contributed by atoms with van der Waals surface area (Å²) in [5.41, 5.74) is 0. The van der Waals surface area contributed by atoms with Crippen molar-refractivity contribution in [2.24, 2.45) is 5.92 Å². The molecule has 106 valence electrons. The average molecular weight is 299 g/mol. The topological polar surface area (TPSA) is 111 Å². The molecule has 0 amide bonds. The average Bonchev–Trinajstić information content (AvgIpc) is 2.11. The molecule has 0 rings (SSSR count). The fraction of sp³-hybridized carbons (Fsp3) is 0.889. The van der Waals surface area contributed by atoms with E-state index in [1.807, 2.05) is 6.07 Å². The van der Waals surface area contributed by atoms with E-state index in [0.717, 1.165) is 12.5 Å². The molecule has 0 aliphatic heterocycles. The Labute approximate surface area is 108 Å². The monoisotopic (exact) mass is 299 g/mol. The van der Waals surface area contributed by atoms with Crippen molar-refractivity contribution in [1.82, 2.24) is 0 Å². The molecule has 0 bridgehead atoms. The molecule has 9 heteroatoms. The van der Waals surface area contributed by atoms with E-state index in [0.29, 0.717) is 0 Å². The number of rotatable bonds is 8. The summed E-state index contributed by atoms with van der Waals surface area (Å²) < 4.78 is 52.3. The highest BCUT2D eigenvalue weighted by Gasteiger charge is 2.17. The van der Waals surface area contributed by atoms with Crippen LogP contribution in [0.1, 0.15) is 19.8 Å². The Morgan fingerprint density at radius 1 is 1.17 bits per heavy atom. The standard InChI is InChI=1S/C9H17NO6S2/c1-8(16-18(3,13)14)6-9(7-10)4-5-15-17(2,11)12/h8-9H,4-6H2,1-3H3. The summed E-state index contributed by atoms with van der Waals surface area (Å²) in [4.78, 5) is 0. The van der Waals surface area contributed by atoms with E-state index in [-0.39, 0.29) is 19.4 Å². The molecule has 0 aromatic carbocycles. The number of hydrogen-bond donors (Lipinski definition) is 0. The van der Waals surface area contributed by atoms with E-state index in [2.05, 4.69) is 8.37 Å². The molecule has 0 aromatic heterocycles. The van der Waals surface area contributed by atoms with Crippen LogP contribution in [0.25, 0.3) is 0 Å². The van der Waals surface area contributed by atoms with Gasteiger partial charge in [0.2, 0.25) is 0 Å². The molecule has 2 unspecified atom stereocenters. The molecule has 18 heavy (non-hydrogen) atoms. The maximum absolute atomic E-state index is 10.8. The van der Waals surface area contributed by atoms with Gasteiger partial charge in [0.15, 0.2) is 0 Å². The van der Waals surface area contributed by atoms with Crippen LogP contribution in [-0.4, -0.2) is 42.1 Å². The number of nitrogens with zero attached hydrogens (tertiary/aromatic N) is 1. The maximum atomic E-state index is 10.8. The summed E-state index contributed by atoms with van der Waals surface area (Å²) in [6.07, 6.45) is 1.60. The number of hydrogen-bond acceptors (Lipinski definition) is 7. The second kappa shape index (κ2) is 7.04. The van der Waals surface area contributed by atoms with Gasteiger partial charge in [-0.25, -0.2) is 0 Å². The van der Waals surface area contributed by atoms with Crippen LogP contribution < -0.4 is 0 Å². The second-order valence-corrected chi connectivity index (χ2v) is 7.23. The van der Waals surface area contributed by atoms with E-state index in [9.17, 15) is 16.8 Å². The highest BCUT2D eigenvalue weighted by Crippen LogP contribution is 2.14. The van der Waals surface area contributed by atoms with Gasteiger partial charge in [-0.3, -0.25) is 8.37 Å². The molecule has 0 spiro atoms.